The Morgan fingerprint density at radius 3 is 0.696 bits per heavy atom. The fraction of sp³-hybridized carbons (Fsp3) is 0. The molecule has 0 fully saturated rings. The maximum absolute atomic E-state index is 13.4. The van der Waals surface area contributed by atoms with Gasteiger partial charge in [-0.3, -0.25) is 0 Å². The van der Waals surface area contributed by atoms with Crippen LogP contribution in [0, 0.1) is 58.2 Å². The third kappa shape index (κ3) is 2.65. The lowest BCUT2D eigenvalue weighted by molar-refractivity contribution is 0.383. The Kier molecular flexibility index (Phi) is 4.57. The van der Waals surface area contributed by atoms with Crippen LogP contribution in [0.4, 0.5) is 43.9 Å². The van der Waals surface area contributed by atoms with E-state index in [0.717, 1.165) is 0 Å². The van der Waals surface area contributed by atoms with Crippen LogP contribution in [-0.4, -0.2) is 0 Å². The second kappa shape index (κ2) is 5.99. The van der Waals surface area contributed by atoms with Gasteiger partial charge >= 0.3 is 0 Å². The van der Waals surface area contributed by atoms with Crippen molar-refractivity contribution in [3.05, 3.63) is 58.2 Å². The highest BCUT2D eigenvalue weighted by Crippen LogP contribution is 2.27. The van der Waals surface area contributed by atoms with Crippen molar-refractivity contribution in [3.63, 3.8) is 0 Å². The van der Waals surface area contributed by atoms with Crippen LogP contribution in [0.3, 0.4) is 0 Å². The first-order valence-corrected chi connectivity index (χ1v) is 6.23. The van der Waals surface area contributed by atoms with Gasteiger partial charge in [0.2, 0.25) is 11.6 Å². The fourth-order valence-electron chi connectivity index (χ4n) is 1.49. The molecule has 2 aromatic rings. The van der Waals surface area contributed by atoms with Gasteiger partial charge in [-0.25, -0.2) is 43.9 Å². The van der Waals surface area contributed by atoms with Gasteiger partial charge in [0.05, 0.1) is 10.6 Å². The monoisotopic (exact) mass is 365 g/mol. The quantitative estimate of drug-likeness (QED) is 0.327. The minimum atomic E-state index is -2.53. The summed E-state index contributed by atoms with van der Waals surface area (Å²) in [6.45, 7) is 0. The van der Waals surface area contributed by atoms with Gasteiger partial charge in [-0.05, 0) is 0 Å². The summed E-state index contributed by atoms with van der Waals surface area (Å²) in [7, 11) is -1.43. The summed E-state index contributed by atoms with van der Waals surface area (Å²) in [5, 5.41) is -3.52. The number of hydrogen-bond acceptors (Lipinski definition) is 0. The average Bonchev–Trinajstić information content (AvgIpc) is 2.54. The third-order valence-corrected chi connectivity index (χ3v) is 3.83. The molecule has 0 aliphatic rings. The van der Waals surface area contributed by atoms with E-state index in [2.05, 4.69) is 0 Å². The van der Waals surface area contributed by atoms with Gasteiger partial charge in [-0.1, -0.05) is 0 Å². The standard InChI is InChI=1S/C12F10P/c13-1-3(15)7(19)11(8(20)4(1)16)23-12-9(21)5(17)2(14)6(18)10(12)22. The Bertz CT molecular complexity index is 691. The zero-order valence-corrected chi connectivity index (χ0v) is 11.1. The zero-order valence-electron chi connectivity index (χ0n) is 10.2. The Labute approximate surface area is 122 Å². The lowest BCUT2D eigenvalue weighted by Crippen LogP contribution is -2.23. The summed E-state index contributed by atoms with van der Waals surface area (Å²) in [5.41, 5.74) is 0. The van der Waals surface area contributed by atoms with E-state index in [4.69, 9.17) is 0 Å². The molecule has 0 saturated heterocycles. The van der Waals surface area contributed by atoms with Crippen LogP contribution in [0.25, 0.3) is 0 Å². The molecule has 2 aromatic carbocycles. The van der Waals surface area contributed by atoms with Gasteiger partial charge in [0.25, 0.3) is 0 Å². The minimum absolute atomic E-state index is 1.43. The maximum atomic E-state index is 13.4. The summed E-state index contributed by atoms with van der Waals surface area (Å²) < 4.78 is 131. The van der Waals surface area contributed by atoms with Crippen LogP contribution in [-0.2, 0) is 0 Å². The summed E-state index contributed by atoms with van der Waals surface area (Å²) in [6.07, 6.45) is 0. The van der Waals surface area contributed by atoms with Crippen LogP contribution in [0.15, 0.2) is 0 Å². The molecule has 23 heavy (non-hydrogen) atoms. The Morgan fingerprint density at radius 2 is 0.478 bits per heavy atom. The predicted molar refractivity (Wildman–Crippen MR) is 58.7 cm³/mol. The van der Waals surface area contributed by atoms with Crippen molar-refractivity contribution >= 4 is 19.2 Å². The highest BCUT2D eigenvalue weighted by molar-refractivity contribution is 7.55. The topological polar surface area (TPSA) is 0 Å². The van der Waals surface area contributed by atoms with Crippen molar-refractivity contribution in [1.29, 1.82) is 0 Å². The Balaban J connectivity index is 2.71. The third-order valence-electron chi connectivity index (χ3n) is 2.60. The van der Waals surface area contributed by atoms with Gasteiger partial charge in [0, 0.05) is 8.58 Å². The van der Waals surface area contributed by atoms with Gasteiger partial charge in [0.1, 0.15) is 0 Å². The van der Waals surface area contributed by atoms with E-state index in [1.807, 2.05) is 0 Å². The Hall–Kier alpha value is -1.83. The van der Waals surface area contributed by atoms with Crippen molar-refractivity contribution in [2.75, 3.05) is 0 Å². The van der Waals surface area contributed by atoms with Crippen molar-refractivity contribution in [3.8, 4) is 0 Å². The second-order valence-corrected chi connectivity index (χ2v) is 5.07. The van der Waals surface area contributed by atoms with Crippen molar-refractivity contribution in [2.24, 2.45) is 0 Å². The molecule has 0 aliphatic heterocycles. The smallest absolute Gasteiger partial charge is 0.200 e. The van der Waals surface area contributed by atoms with E-state index in [0.29, 0.717) is 0 Å². The van der Waals surface area contributed by atoms with E-state index >= 15 is 0 Å². The van der Waals surface area contributed by atoms with Crippen molar-refractivity contribution in [1.82, 2.24) is 0 Å². The summed E-state index contributed by atoms with van der Waals surface area (Å²) in [4.78, 5) is 0. The first-order valence-electron chi connectivity index (χ1n) is 5.34. The molecule has 2 rings (SSSR count). The van der Waals surface area contributed by atoms with Crippen molar-refractivity contribution < 1.29 is 43.9 Å². The highest BCUT2D eigenvalue weighted by atomic mass is 31.1. The molecule has 0 unspecified atom stereocenters. The molecule has 0 spiro atoms. The second-order valence-electron chi connectivity index (χ2n) is 3.95. The van der Waals surface area contributed by atoms with Crippen LogP contribution in [0.5, 0.6) is 0 Å². The molecule has 0 N–H and O–H groups in total. The molecule has 0 amide bonds. The number of halogens is 10. The zero-order chi connectivity index (χ0) is 17.6. The molecule has 0 aromatic heterocycles. The molecule has 0 nitrogen and oxygen atoms in total. The SMILES string of the molecule is Fc1c(F)c(F)c([P]c2c(F)c(F)c(F)c(F)c2F)c(F)c1F. The van der Waals surface area contributed by atoms with Crippen LogP contribution in [0.2, 0.25) is 0 Å². The number of rotatable bonds is 2. The van der Waals surface area contributed by atoms with Gasteiger partial charge in [0.15, 0.2) is 46.5 Å². The largest absolute Gasteiger partial charge is 0.203 e. The van der Waals surface area contributed by atoms with Gasteiger partial charge < -0.3 is 0 Å². The van der Waals surface area contributed by atoms with Crippen molar-refractivity contribution in [2.45, 2.75) is 0 Å². The molecule has 0 aliphatic carbocycles. The van der Waals surface area contributed by atoms with E-state index < -0.39 is 77.4 Å². The fourth-order valence-corrected chi connectivity index (χ4v) is 2.50. The van der Waals surface area contributed by atoms with Gasteiger partial charge in [-0.2, -0.15) is 0 Å². The summed E-state index contributed by atoms with van der Waals surface area (Å²) >= 11 is 0. The van der Waals surface area contributed by atoms with E-state index in [9.17, 15) is 43.9 Å². The summed E-state index contributed by atoms with van der Waals surface area (Å²) in [6, 6.07) is 0. The highest BCUT2D eigenvalue weighted by Gasteiger charge is 2.31. The first kappa shape index (κ1) is 17.5. The molecule has 123 valence electrons. The van der Waals surface area contributed by atoms with E-state index in [1.165, 1.54) is 0 Å². The molecule has 0 saturated carbocycles. The van der Waals surface area contributed by atoms with E-state index in [-0.39, 0.29) is 0 Å². The lowest BCUT2D eigenvalue weighted by atomic mass is 10.3. The Morgan fingerprint density at radius 1 is 0.304 bits per heavy atom. The van der Waals surface area contributed by atoms with E-state index in [1.54, 1.807) is 0 Å². The predicted octanol–water partition coefficient (Wildman–Crippen LogP) is 3.97. The molecule has 0 bridgehead atoms. The molecule has 0 atom stereocenters. The molecule has 11 heteroatoms. The number of benzene rings is 2. The lowest BCUT2D eigenvalue weighted by Gasteiger charge is -2.10. The normalized spacial score (nSPS) is 11.2. The summed E-state index contributed by atoms with van der Waals surface area (Å²) in [5.74, 6) is -24.6. The van der Waals surface area contributed by atoms with Gasteiger partial charge in [-0.15, -0.1) is 0 Å². The molecular weight excluding hydrogens is 365 g/mol. The minimum Gasteiger partial charge on any atom is -0.203 e. The maximum Gasteiger partial charge on any atom is 0.200 e. The number of hydrogen-bond donors (Lipinski definition) is 0. The molecule has 0 heterocycles. The van der Waals surface area contributed by atoms with Crippen LogP contribution < -0.4 is 10.6 Å². The average molecular weight is 365 g/mol. The first-order chi connectivity index (χ1) is 10.6. The van der Waals surface area contributed by atoms with Crippen LogP contribution in [0.1, 0.15) is 0 Å². The van der Waals surface area contributed by atoms with Crippen LogP contribution >= 0.6 is 8.58 Å². The molecule has 1 radical (unpaired) electrons. The molecular formula is C12F10P.